The second kappa shape index (κ2) is 8.89. The van der Waals surface area contributed by atoms with E-state index < -0.39 is 0 Å². The lowest BCUT2D eigenvalue weighted by atomic mass is 10.1. The van der Waals surface area contributed by atoms with Crippen molar-refractivity contribution in [1.29, 1.82) is 0 Å². The molecule has 0 aliphatic carbocycles. The van der Waals surface area contributed by atoms with Crippen molar-refractivity contribution in [3.63, 3.8) is 0 Å². The quantitative estimate of drug-likeness (QED) is 0.618. The molecule has 0 N–H and O–H groups in total. The van der Waals surface area contributed by atoms with Crippen LogP contribution in [0.25, 0.3) is 0 Å². The first-order valence-corrected chi connectivity index (χ1v) is 7.68. The minimum Gasteiger partial charge on any atom is -0.350 e. The van der Waals surface area contributed by atoms with Crippen LogP contribution in [0, 0.1) is 0 Å². The Kier molecular flexibility index (Phi) is 7.87. The first-order chi connectivity index (χ1) is 8.63. The third-order valence-electron chi connectivity index (χ3n) is 3.68. The predicted octanol–water partition coefficient (Wildman–Crippen LogP) is 3.78. The van der Waals surface area contributed by atoms with E-state index in [9.17, 15) is 0 Å². The van der Waals surface area contributed by atoms with Gasteiger partial charge in [-0.3, -0.25) is 4.90 Å². The predicted molar refractivity (Wildman–Crippen MR) is 75.5 cm³/mol. The average molecular weight is 257 g/mol. The molecule has 0 radical (unpaired) electrons. The van der Waals surface area contributed by atoms with E-state index in [1.165, 1.54) is 45.2 Å². The molecule has 1 aliphatic heterocycles. The molecule has 3 heteroatoms. The first kappa shape index (κ1) is 15.9. The number of ether oxygens (including phenoxy) is 2. The number of rotatable bonds is 8. The summed E-state index contributed by atoms with van der Waals surface area (Å²) in [6, 6.07) is 0. The van der Waals surface area contributed by atoms with E-state index in [-0.39, 0.29) is 12.5 Å². The van der Waals surface area contributed by atoms with Crippen LogP contribution in [0.15, 0.2) is 0 Å². The zero-order chi connectivity index (χ0) is 13.4. The molecule has 0 amide bonds. The van der Waals surface area contributed by atoms with Crippen molar-refractivity contribution < 1.29 is 9.47 Å². The summed E-state index contributed by atoms with van der Waals surface area (Å²) >= 11 is 0. The number of hydrogen-bond donors (Lipinski definition) is 0. The highest BCUT2D eigenvalue weighted by molar-refractivity contribution is 4.66. The van der Waals surface area contributed by atoms with Crippen LogP contribution in [0.1, 0.15) is 66.2 Å². The monoisotopic (exact) mass is 257 g/mol. The summed E-state index contributed by atoms with van der Waals surface area (Å²) in [5, 5.41) is 0. The first-order valence-electron chi connectivity index (χ1n) is 7.68. The standard InChI is InChI=1S/C15H31NO2/c1-5-6-10-13(2)17-15(4)18-14(3)16-11-8-7-9-12-16/h13-15H,5-12H2,1-4H3. The molecular formula is C15H31NO2. The number of unbranched alkanes of at least 4 members (excludes halogenated alkanes) is 1. The third-order valence-corrected chi connectivity index (χ3v) is 3.68. The number of piperidine rings is 1. The SMILES string of the molecule is CCCCC(C)OC(C)OC(C)N1CCCCC1. The maximum absolute atomic E-state index is 5.94. The normalized spacial score (nSPS) is 22.7. The van der Waals surface area contributed by atoms with Crippen LogP contribution in [0.5, 0.6) is 0 Å². The average Bonchev–Trinajstić information content (AvgIpc) is 2.37. The van der Waals surface area contributed by atoms with Gasteiger partial charge in [0.15, 0.2) is 6.29 Å². The molecule has 0 aromatic rings. The van der Waals surface area contributed by atoms with Crippen molar-refractivity contribution in [2.75, 3.05) is 13.1 Å². The van der Waals surface area contributed by atoms with Crippen molar-refractivity contribution >= 4 is 0 Å². The van der Waals surface area contributed by atoms with Crippen LogP contribution in [-0.2, 0) is 9.47 Å². The van der Waals surface area contributed by atoms with Gasteiger partial charge in [0.2, 0.25) is 0 Å². The smallest absolute Gasteiger partial charge is 0.157 e. The van der Waals surface area contributed by atoms with Crippen LogP contribution in [-0.4, -0.2) is 36.6 Å². The Morgan fingerprint density at radius 3 is 2.28 bits per heavy atom. The van der Waals surface area contributed by atoms with Crippen LogP contribution in [0.4, 0.5) is 0 Å². The van der Waals surface area contributed by atoms with Crippen LogP contribution in [0.3, 0.4) is 0 Å². The molecule has 0 aromatic heterocycles. The summed E-state index contributed by atoms with van der Waals surface area (Å²) in [4.78, 5) is 2.42. The lowest BCUT2D eigenvalue weighted by Crippen LogP contribution is -2.41. The molecular weight excluding hydrogens is 226 g/mol. The second-order valence-electron chi connectivity index (χ2n) is 5.49. The van der Waals surface area contributed by atoms with Gasteiger partial charge in [0.25, 0.3) is 0 Å². The molecule has 0 spiro atoms. The largest absolute Gasteiger partial charge is 0.350 e. The topological polar surface area (TPSA) is 21.7 Å². The number of nitrogens with zero attached hydrogens (tertiary/aromatic N) is 1. The van der Waals surface area contributed by atoms with Crippen molar-refractivity contribution in [2.45, 2.75) is 84.8 Å². The molecule has 1 aliphatic rings. The fourth-order valence-corrected chi connectivity index (χ4v) is 2.56. The second-order valence-corrected chi connectivity index (χ2v) is 5.49. The fourth-order valence-electron chi connectivity index (χ4n) is 2.56. The fraction of sp³-hybridized carbons (Fsp3) is 1.00. The van der Waals surface area contributed by atoms with E-state index in [0.29, 0.717) is 6.10 Å². The van der Waals surface area contributed by atoms with Crippen molar-refractivity contribution in [2.24, 2.45) is 0 Å². The van der Waals surface area contributed by atoms with E-state index in [2.05, 4.69) is 25.7 Å². The zero-order valence-electron chi connectivity index (χ0n) is 12.7. The Labute approximate surface area is 113 Å². The highest BCUT2D eigenvalue weighted by Gasteiger charge is 2.20. The minimum atomic E-state index is -0.103. The highest BCUT2D eigenvalue weighted by atomic mass is 16.7. The molecule has 108 valence electrons. The lowest BCUT2D eigenvalue weighted by molar-refractivity contribution is -0.211. The molecule has 0 bridgehead atoms. The maximum atomic E-state index is 5.94. The molecule has 0 saturated carbocycles. The van der Waals surface area contributed by atoms with Crippen molar-refractivity contribution in [3.8, 4) is 0 Å². The van der Waals surface area contributed by atoms with E-state index in [4.69, 9.17) is 9.47 Å². The van der Waals surface area contributed by atoms with Gasteiger partial charge in [-0.2, -0.15) is 0 Å². The highest BCUT2D eigenvalue weighted by Crippen LogP contribution is 2.15. The van der Waals surface area contributed by atoms with Gasteiger partial charge in [-0.05, 0) is 40.0 Å². The molecule has 3 atom stereocenters. The van der Waals surface area contributed by atoms with Crippen LogP contribution in [0.2, 0.25) is 0 Å². The molecule has 1 heterocycles. The lowest BCUT2D eigenvalue weighted by Gasteiger charge is -2.34. The van der Waals surface area contributed by atoms with Gasteiger partial charge >= 0.3 is 0 Å². The van der Waals surface area contributed by atoms with E-state index >= 15 is 0 Å². The van der Waals surface area contributed by atoms with Gasteiger partial charge in [0.1, 0.15) is 6.23 Å². The number of hydrogen-bond acceptors (Lipinski definition) is 3. The Morgan fingerprint density at radius 2 is 1.67 bits per heavy atom. The molecule has 3 unspecified atom stereocenters. The van der Waals surface area contributed by atoms with Gasteiger partial charge < -0.3 is 9.47 Å². The van der Waals surface area contributed by atoms with Crippen LogP contribution >= 0.6 is 0 Å². The Hall–Kier alpha value is -0.120. The third kappa shape index (κ3) is 6.17. The summed E-state index contributed by atoms with van der Waals surface area (Å²) in [5.41, 5.74) is 0. The summed E-state index contributed by atoms with van der Waals surface area (Å²) in [7, 11) is 0. The zero-order valence-corrected chi connectivity index (χ0v) is 12.7. The molecule has 1 saturated heterocycles. The van der Waals surface area contributed by atoms with Gasteiger partial charge in [-0.25, -0.2) is 0 Å². The summed E-state index contributed by atoms with van der Waals surface area (Å²) in [5.74, 6) is 0. The molecule has 0 aromatic carbocycles. The van der Waals surface area contributed by atoms with Gasteiger partial charge in [-0.1, -0.05) is 26.2 Å². The molecule has 3 nitrogen and oxygen atoms in total. The Morgan fingerprint density at radius 1 is 1.00 bits per heavy atom. The maximum Gasteiger partial charge on any atom is 0.157 e. The minimum absolute atomic E-state index is 0.103. The Balaban J connectivity index is 2.19. The van der Waals surface area contributed by atoms with E-state index in [0.717, 1.165) is 6.42 Å². The summed E-state index contributed by atoms with van der Waals surface area (Å²) in [6.45, 7) is 10.8. The van der Waals surface area contributed by atoms with Crippen molar-refractivity contribution in [3.05, 3.63) is 0 Å². The van der Waals surface area contributed by atoms with Gasteiger partial charge in [0.05, 0.1) is 6.10 Å². The van der Waals surface area contributed by atoms with Crippen LogP contribution < -0.4 is 0 Å². The van der Waals surface area contributed by atoms with Gasteiger partial charge in [0, 0.05) is 13.1 Å². The molecule has 1 fully saturated rings. The van der Waals surface area contributed by atoms with E-state index in [1.54, 1.807) is 0 Å². The summed E-state index contributed by atoms with van der Waals surface area (Å²) in [6.07, 6.45) is 7.93. The van der Waals surface area contributed by atoms with Crippen molar-refractivity contribution in [1.82, 2.24) is 4.90 Å². The summed E-state index contributed by atoms with van der Waals surface area (Å²) < 4.78 is 11.8. The van der Waals surface area contributed by atoms with Gasteiger partial charge in [-0.15, -0.1) is 0 Å². The molecule has 1 rings (SSSR count). The molecule has 18 heavy (non-hydrogen) atoms. The number of likely N-dealkylation sites (tertiary alicyclic amines) is 1. The Bertz CT molecular complexity index is 205. The van der Waals surface area contributed by atoms with E-state index in [1.807, 2.05) is 6.92 Å².